The van der Waals surface area contributed by atoms with Gasteiger partial charge in [0.15, 0.2) is 5.78 Å². The van der Waals surface area contributed by atoms with Gasteiger partial charge in [-0.25, -0.2) is 0 Å². The maximum absolute atomic E-state index is 13.4. The molecule has 0 spiro atoms. The first kappa shape index (κ1) is 60.3. The third-order valence-electron chi connectivity index (χ3n) is 11.5. The van der Waals surface area contributed by atoms with Gasteiger partial charge in [0.1, 0.15) is 11.5 Å². The van der Waals surface area contributed by atoms with Crippen LogP contribution in [0.3, 0.4) is 0 Å². The molecular weight excluding hydrogens is 979 g/mol. The second kappa shape index (κ2) is 37.3. The van der Waals surface area contributed by atoms with Crippen LogP contribution >= 0.6 is 0 Å². The molecule has 4 aromatic carbocycles. The van der Waals surface area contributed by atoms with E-state index in [0.717, 1.165) is 28.1 Å². The molecule has 0 unspecified atom stereocenters. The van der Waals surface area contributed by atoms with Gasteiger partial charge in [0.2, 0.25) is 11.8 Å². The van der Waals surface area contributed by atoms with Crippen LogP contribution in [0.1, 0.15) is 77.6 Å². The number of ketones is 2. The summed E-state index contributed by atoms with van der Waals surface area (Å²) >= 11 is 0. The van der Waals surface area contributed by atoms with Crippen LogP contribution in [0.25, 0.3) is 0 Å². The Morgan fingerprint density at radius 3 is 1.64 bits per heavy atom. The highest BCUT2D eigenvalue weighted by Gasteiger charge is 2.22. The molecule has 0 aliphatic carbocycles. The Morgan fingerprint density at radius 1 is 0.487 bits per heavy atom. The van der Waals surface area contributed by atoms with E-state index in [9.17, 15) is 24.0 Å². The molecule has 0 fully saturated rings. The van der Waals surface area contributed by atoms with E-state index in [1.807, 2.05) is 60.7 Å². The van der Waals surface area contributed by atoms with Crippen molar-refractivity contribution in [1.82, 2.24) is 5.32 Å². The zero-order chi connectivity index (χ0) is 53.7. The van der Waals surface area contributed by atoms with Crippen LogP contribution < -0.4 is 20.3 Å². The number of benzene rings is 4. The molecule has 1 aliphatic heterocycles. The average Bonchev–Trinajstić information content (AvgIpc) is 3.43. The number of nitrogens with one attached hydrogen (secondary N) is 2. The predicted molar refractivity (Wildman–Crippen MR) is 285 cm³/mol. The molecule has 0 bridgehead atoms. The number of hydrogen-bond acceptors (Lipinski definition) is 15. The number of Topliss-reactive ketones (excluding diaryl/α,β-unsaturated/α-hetero) is 1. The van der Waals surface area contributed by atoms with E-state index in [4.69, 9.17) is 47.7 Å². The number of anilines is 2. The van der Waals surface area contributed by atoms with Crippen LogP contribution in [-0.2, 0) is 63.6 Å². The number of fused-ring (bicyclic) bond motifs is 2. The summed E-state index contributed by atoms with van der Waals surface area (Å²) in [4.78, 5) is 63.4. The molecule has 0 radical (unpaired) electrons. The third-order valence-corrected chi connectivity index (χ3v) is 11.5. The summed E-state index contributed by atoms with van der Waals surface area (Å²) in [5.74, 6) is 5.87. The van der Waals surface area contributed by atoms with Crippen molar-refractivity contribution >= 4 is 40.7 Å². The van der Waals surface area contributed by atoms with Crippen molar-refractivity contribution in [3.05, 3.63) is 125 Å². The van der Waals surface area contributed by atoms with Crippen molar-refractivity contribution in [1.29, 1.82) is 0 Å². The van der Waals surface area contributed by atoms with Gasteiger partial charge in [0, 0.05) is 73.3 Å². The number of aliphatic carboxylic acids is 1. The highest BCUT2D eigenvalue weighted by atomic mass is 16.6. The fraction of sp³-hybridized carbons (Fsp3) is 0.466. The summed E-state index contributed by atoms with van der Waals surface area (Å²) in [7, 11) is 0. The number of carbonyl (C=O) groups is 5. The Balaban J connectivity index is 0.763. The van der Waals surface area contributed by atoms with Crippen molar-refractivity contribution in [3.8, 4) is 17.6 Å². The van der Waals surface area contributed by atoms with Crippen molar-refractivity contribution in [3.63, 3.8) is 0 Å². The lowest BCUT2D eigenvalue weighted by Crippen LogP contribution is -2.32. The van der Waals surface area contributed by atoms with E-state index in [2.05, 4.69) is 22.5 Å². The molecule has 4 aromatic rings. The number of hydrogen-bond donors (Lipinski definition) is 3. The lowest BCUT2D eigenvalue weighted by atomic mass is 10.0. The SMILES string of the molecule is O=C(O)CCOCCOCCOCCOCCNc1ccc(C(=O)c2ccc(OCCCNC(=O)CCOCCOCCOCCOCCCC(=O)CCC(=O)N3Cc4ccccc4C#Cc4ccccc43)cc2)cc1. The third kappa shape index (κ3) is 24.9. The number of rotatable bonds is 42. The van der Waals surface area contributed by atoms with Gasteiger partial charge in [-0.2, -0.15) is 0 Å². The maximum Gasteiger partial charge on any atom is 0.305 e. The molecule has 410 valence electrons. The minimum Gasteiger partial charge on any atom is -0.494 e. The highest BCUT2D eigenvalue weighted by Crippen LogP contribution is 2.26. The van der Waals surface area contributed by atoms with Crippen LogP contribution in [0, 0.1) is 11.8 Å². The van der Waals surface area contributed by atoms with Gasteiger partial charge in [0.25, 0.3) is 0 Å². The van der Waals surface area contributed by atoms with Crippen molar-refractivity contribution < 1.29 is 71.7 Å². The first-order chi connectivity index (χ1) is 37.3. The summed E-state index contributed by atoms with van der Waals surface area (Å²) in [5.41, 5.74) is 5.40. The molecule has 0 saturated heterocycles. The molecule has 18 nitrogen and oxygen atoms in total. The largest absolute Gasteiger partial charge is 0.494 e. The molecule has 1 heterocycles. The van der Waals surface area contributed by atoms with Gasteiger partial charge in [-0.15, -0.1) is 0 Å². The summed E-state index contributed by atoms with van der Waals surface area (Å²) in [6.45, 7) is 8.00. The van der Waals surface area contributed by atoms with Gasteiger partial charge in [-0.1, -0.05) is 42.2 Å². The van der Waals surface area contributed by atoms with Gasteiger partial charge in [0.05, 0.1) is 124 Å². The molecule has 2 amide bonds. The smallest absolute Gasteiger partial charge is 0.305 e. The number of amides is 2. The summed E-state index contributed by atoms with van der Waals surface area (Å²) in [6.07, 6.45) is 2.04. The van der Waals surface area contributed by atoms with Crippen LogP contribution in [0.15, 0.2) is 97.1 Å². The number of carboxylic acids is 1. The minimum absolute atomic E-state index is 0.0223. The Morgan fingerprint density at radius 2 is 1.01 bits per heavy atom. The molecule has 0 saturated carbocycles. The lowest BCUT2D eigenvalue weighted by molar-refractivity contribution is -0.138. The number of carbonyl (C=O) groups excluding carboxylic acids is 4. The summed E-state index contributed by atoms with van der Waals surface area (Å²) in [5, 5.41) is 14.7. The Labute approximate surface area is 445 Å². The molecule has 1 aliphatic rings. The maximum atomic E-state index is 13.4. The quantitative estimate of drug-likeness (QED) is 0.0253. The standard InChI is InChI=1S/C58H73N3O15/c62-52(20-23-56(64)61-45-50-9-2-1-7-46(50)12-13-47-8-3-4-11-54(47)61)10-5-28-68-33-37-72-41-42-73-38-34-69-30-24-55(63)60-26-6-29-76-53-21-16-49(17-22-53)58(67)48-14-18-51(19-15-48)59-27-32-71-36-40-75-44-43-74-39-35-70-31-25-57(65)66/h1-4,7-9,11,14-19,21-22,59H,5-6,10,20,23-45H2,(H,60,63)(H,65,66). The van der Waals surface area contributed by atoms with Gasteiger partial charge in [-0.3, -0.25) is 24.0 Å². The average molecular weight is 1050 g/mol. The molecule has 5 rings (SSSR count). The van der Waals surface area contributed by atoms with Crippen molar-refractivity contribution in [2.75, 3.05) is 136 Å². The van der Waals surface area contributed by atoms with Crippen LogP contribution in [0.4, 0.5) is 11.4 Å². The molecular formula is C58H73N3O15. The Kier molecular flexibility index (Phi) is 29.6. The normalized spacial score (nSPS) is 11.6. The van der Waals surface area contributed by atoms with E-state index in [1.165, 1.54) is 0 Å². The van der Waals surface area contributed by atoms with E-state index in [-0.39, 0.29) is 62.3 Å². The zero-order valence-electron chi connectivity index (χ0n) is 43.4. The van der Waals surface area contributed by atoms with Gasteiger partial charge in [-0.05, 0) is 85.1 Å². The Hall–Kier alpha value is -6.53. The van der Waals surface area contributed by atoms with Crippen LogP contribution in [0.5, 0.6) is 5.75 Å². The summed E-state index contributed by atoms with van der Waals surface area (Å²) in [6, 6.07) is 29.7. The molecule has 18 heteroatoms. The molecule has 0 atom stereocenters. The molecule has 0 aromatic heterocycles. The second-order valence-electron chi connectivity index (χ2n) is 17.2. The number of nitrogens with zero attached hydrogens (tertiary/aromatic N) is 1. The number of ether oxygens (including phenoxy) is 9. The van der Waals surface area contributed by atoms with Gasteiger partial charge >= 0.3 is 5.97 Å². The summed E-state index contributed by atoms with van der Waals surface area (Å²) < 4.78 is 49.6. The topological polar surface area (TPSA) is 216 Å². The molecule has 76 heavy (non-hydrogen) atoms. The van der Waals surface area contributed by atoms with Crippen molar-refractivity contribution in [2.24, 2.45) is 0 Å². The highest BCUT2D eigenvalue weighted by molar-refractivity contribution is 6.09. The second-order valence-corrected chi connectivity index (χ2v) is 17.2. The van der Waals surface area contributed by atoms with E-state index < -0.39 is 5.97 Å². The first-order valence-electron chi connectivity index (χ1n) is 26.0. The first-order valence-corrected chi connectivity index (χ1v) is 26.0. The van der Waals surface area contributed by atoms with Crippen LogP contribution in [-0.4, -0.2) is 160 Å². The number of carboxylic acid groups (broad SMARTS) is 1. The lowest BCUT2D eigenvalue weighted by Gasteiger charge is -2.26. The van der Waals surface area contributed by atoms with E-state index in [0.29, 0.717) is 155 Å². The minimum atomic E-state index is -0.889. The Bertz CT molecular complexity index is 2400. The fourth-order valence-electron chi connectivity index (χ4n) is 7.39. The van der Waals surface area contributed by atoms with Gasteiger partial charge < -0.3 is 63.3 Å². The zero-order valence-corrected chi connectivity index (χ0v) is 43.4. The van der Waals surface area contributed by atoms with Crippen molar-refractivity contribution in [2.45, 2.75) is 51.5 Å². The fourth-order valence-corrected chi connectivity index (χ4v) is 7.39. The molecule has 3 N–H and O–H groups in total. The monoisotopic (exact) mass is 1050 g/mol. The van der Waals surface area contributed by atoms with Crippen LogP contribution in [0.2, 0.25) is 0 Å². The number of para-hydroxylation sites is 1. The predicted octanol–water partition coefficient (Wildman–Crippen LogP) is 6.29. The van der Waals surface area contributed by atoms with E-state index >= 15 is 0 Å². The van der Waals surface area contributed by atoms with E-state index in [1.54, 1.807) is 41.3 Å².